The lowest BCUT2D eigenvalue weighted by molar-refractivity contribution is -0.122. The third-order valence-corrected chi connectivity index (χ3v) is 5.65. The molecule has 0 aromatic heterocycles. The predicted molar refractivity (Wildman–Crippen MR) is 97.4 cm³/mol. The predicted octanol–water partition coefficient (Wildman–Crippen LogP) is 1.55. The van der Waals surface area contributed by atoms with E-state index in [-0.39, 0.29) is 30.1 Å². The van der Waals surface area contributed by atoms with Crippen LogP contribution in [0.2, 0.25) is 0 Å². The zero-order valence-corrected chi connectivity index (χ0v) is 15.1. The molecular weight excluding hydrogens is 340 g/mol. The Bertz CT molecular complexity index is 696. The maximum atomic E-state index is 12.4. The van der Waals surface area contributed by atoms with Gasteiger partial charge in [0.1, 0.15) is 11.8 Å². The standard InChI is InChI=1S/C17H22N4O3S/c1-10(22)18-8-9-19-14(23)7-6-13-20-16(24)15-11-4-2-3-5-12(11)25-17(15)21-13/h15H,2-9H2,1H3,(H,18,22)(H,19,23). The smallest absolute Gasteiger partial charge is 0.261 e. The van der Waals surface area contributed by atoms with E-state index in [1.165, 1.54) is 23.8 Å². The molecule has 2 heterocycles. The highest BCUT2D eigenvalue weighted by Crippen LogP contribution is 2.47. The van der Waals surface area contributed by atoms with E-state index in [0.717, 1.165) is 24.3 Å². The average Bonchev–Trinajstić information content (AvgIpc) is 2.95. The summed E-state index contributed by atoms with van der Waals surface area (Å²) < 4.78 is 0. The van der Waals surface area contributed by atoms with Crippen molar-refractivity contribution in [3.63, 3.8) is 0 Å². The van der Waals surface area contributed by atoms with Gasteiger partial charge in [0.2, 0.25) is 11.8 Å². The second-order valence-electron chi connectivity index (χ2n) is 6.34. The van der Waals surface area contributed by atoms with Gasteiger partial charge in [0.05, 0.1) is 5.04 Å². The van der Waals surface area contributed by atoms with Crippen LogP contribution in [0.1, 0.15) is 45.4 Å². The van der Waals surface area contributed by atoms with Gasteiger partial charge >= 0.3 is 0 Å². The van der Waals surface area contributed by atoms with Crippen molar-refractivity contribution in [3.05, 3.63) is 10.5 Å². The highest BCUT2D eigenvalue weighted by Gasteiger charge is 2.40. The monoisotopic (exact) mass is 362 g/mol. The number of carbonyl (C=O) groups is 3. The van der Waals surface area contributed by atoms with Gasteiger partial charge in [0.15, 0.2) is 0 Å². The molecule has 1 aliphatic carbocycles. The molecule has 8 heteroatoms. The van der Waals surface area contributed by atoms with Crippen LogP contribution < -0.4 is 10.6 Å². The molecule has 0 spiro atoms. The van der Waals surface area contributed by atoms with Crippen molar-refractivity contribution in [2.75, 3.05) is 13.1 Å². The van der Waals surface area contributed by atoms with Crippen molar-refractivity contribution in [1.29, 1.82) is 0 Å². The molecule has 0 bridgehead atoms. The molecule has 3 amide bonds. The molecule has 2 N–H and O–H groups in total. The molecule has 2 aliphatic heterocycles. The first-order chi connectivity index (χ1) is 12.0. The molecule has 0 fully saturated rings. The van der Waals surface area contributed by atoms with E-state index >= 15 is 0 Å². The highest BCUT2D eigenvalue weighted by molar-refractivity contribution is 8.17. The van der Waals surface area contributed by atoms with Crippen LogP contribution in [0.5, 0.6) is 0 Å². The van der Waals surface area contributed by atoms with Gasteiger partial charge in [-0.1, -0.05) is 11.8 Å². The van der Waals surface area contributed by atoms with E-state index in [2.05, 4.69) is 20.6 Å². The van der Waals surface area contributed by atoms with E-state index in [4.69, 9.17) is 0 Å². The number of nitrogens with zero attached hydrogens (tertiary/aromatic N) is 2. The van der Waals surface area contributed by atoms with Crippen LogP contribution in [-0.4, -0.2) is 41.7 Å². The summed E-state index contributed by atoms with van der Waals surface area (Å²) in [4.78, 5) is 44.9. The molecule has 0 aromatic carbocycles. The first-order valence-corrected chi connectivity index (χ1v) is 9.47. The Morgan fingerprint density at radius 2 is 1.92 bits per heavy atom. The fourth-order valence-electron chi connectivity index (χ4n) is 3.21. The molecular formula is C17H22N4O3S. The summed E-state index contributed by atoms with van der Waals surface area (Å²) in [5.74, 6) is -0.207. The third kappa shape index (κ3) is 4.36. The van der Waals surface area contributed by atoms with Gasteiger partial charge < -0.3 is 10.6 Å². The second kappa shape index (κ2) is 7.95. The van der Waals surface area contributed by atoms with E-state index in [9.17, 15) is 14.4 Å². The molecule has 0 saturated carbocycles. The average molecular weight is 362 g/mol. The highest BCUT2D eigenvalue weighted by atomic mass is 32.2. The van der Waals surface area contributed by atoms with Crippen LogP contribution in [0.3, 0.4) is 0 Å². The van der Waals surface area contributed by atoms with Crippen LogP contribution in [0.4, 0.5) is 0 Å². The number of carbonyl (C=O) groups excluding carboxylic acids is 3. The van der Waals surface area contributed by atoms with Crippen molar-refractivity contribution in [2.24, 2.45) is 15.9 Å². The van der Waals surface area contributed by atoms with E-state index in [1.807, 2.05) is 0 Å². The van der Waals surface area contributed by atoms with Gasteiger partial charge in [-0.3, -0.25) is 14.4 Å². The molecule has 0 aromatic rings. The van der Waals surface area contributed by atoms with Gasteiger partial charge in [-0.15, -0.1) is 0 Å². The van der Waals surface area contributed by atoms with E-state index in [0.29, 0.717) is 25.3 Å². The van der Waals surface area contributed by atoms with Crippen molar-refractivity contribution in [1.82, 2.24) is 10.6 Å². The maximum Gasteiger partial charge on any atom is 0.261 e. The number of amidine groups is 1. The van der Waals surface area contributed by atoms with Crippen LogP contribution in [0.25, 0.3) is 0 Å². The molecule has 0 radical (unpaired) electrons. The number of rotatable bonds is 6. The zero-order chi connectivity index (χ0) is 17.8. The number of amides is 3. The molecule has 1 atom stereocenters. The SMILES string of the molecule is CC(=O)NCCNC(=O)CCC1=NC(=O)C2C(=N1)SC1=C2CCCC1. The summed E-state index contributed by atoms with van der Waals surface area (Å²) in [5.41, 5.74) is 1.22. The minimum atomic E-state index is -0.254. The van der Waals surface area contributed by atoms with Crippen LogP contribution in [0.15, 0.2) is 20.5 Å². The fraction of sp³-hybridized carbons (Fsp3) is 0.588. The molecule has 3 rings (SSSR count). The Morgan fingerprint density at radius 3 is 2.72 bits per heavy atom. The summed E-state index contributed by atoms with van der Waals surface area (Å²) in [7, 11) is 0. The second-order valence-corrected chi connectivity index (χ2v) is 7.46. The summed E-state index contributed by atoms with van der Waals surface area (Å²) in [6.45, 7) is 2.21. The number of aliphatic imine (C=N–C) groups is 2. The lowest BCUT2D eigenvalue weighted by atomic mass is 9.89. The van der Waals surface area contributed by atoms with Gasteiger partial charge in [-0.05, 0) is 36.2 Å². The van der Waals surface area contributed by atoms with Crippen LogP contribution in [0, 0.1) is 5.92 Å². The third-order valence-electron chi connectivity index (χ3n) is 4.40. The number of allylic oxidation sites excluding steroid dienone is 1. The fourth-order valence-corrected chi connectivity index (χ4v) is 4.57. The van der Waals surface area contributed by atoms with Gasteiger partial charge in [-0.25, -0.2) is 4.99 Å². The summed E-state index contributed by atoms with van der Waals surface area (Å²) in [5, 5.41) is 6.17. The minimum absolute atomic E-state index is 0.125. The summed E-state index contributed by atoms with van der Waals surface area (Å²) in [6.07, 6.45) is 4.89. The Balaban J connectivity index is 1.49. The summed E-state index contributed by atoms with van der Waals surface area (Å²) in [6, 6.07) is 0. The van der Waals surface area contributed by atoms with E-state index in [1.54, 1.807) is 11.8 Å². The molecule has 0 saturated heterocycles. The van der Waals surface area contributed by atoms with Gasteiger partial charge in [0, 0.05) is 32.9 Å². The Morgan fingerprint density at radius 1 is 1.16 bits per heavy atom. The van der Waals surface area contributed by atoms with Crippen molar-refractivity contribution in [2.45, 2.75) is 45.4 Å². The van der Waals surface area contributed by atoms with Crippen molar-refractivity contribution in [3.8, 4) is 0 Å². The number of fused-ring (bicyclic) bond motifs is 2. The largest absolute Gasteiger partial charge is 0.355 e. The van der Waals surface area contributed by atoms with Crippen molar-refractivity contribution >= 4 is 40.4 Å². The quantitative estimate of drug-likeness (QED) is 0.700. The first kappa shape index (κ1) is 17.8. The van der Waals surface area contributed by atoms with E-state index < -0.39 is 0 Å². The van der Waals surface area contributed by atoms with Crippen molar-refractivity contribution < 1.29 is 14.4 Å². The maximum absolute atomic E-state index is 12.4. The topological polar surface area (TPSA) is 100.0 Å². The Labute approximate surface area is 150 Å². The Kier molecular flexibility index (Phi) is 5.67. The van der Waals surface area contributed by atoms with Gasteiger partial charge in [0.25, 0.3) is 5.91 Å². The number of hydrogen-bond acceptors (Lipinski definition) is 5. The molecule has 134 valence electrons. The van der Waals surface area contributed by atoms with Gasteiger partial charge in [-0.2, -0.15) is 4.99 Å². The lowest BCUT2D eigenvalue weighted by Gasteiger charge is -2.18. The number of thioether (sulfide) groups is 1. The molecule has 3 aliphatic rings. The normalized spacial score (nSPS) is 22.0. The minimum Gasteiger partial charge on any atom is -0.355 e. The molecule has 25 heavy (non-hydrogen) atoms. The number of hydrogen-bond donors (Lipinski definition) is 2. The molecule has 1 unspecified atom stereocenters. The zero-order valence-electron chi connectivity index (χ0n) is 14.3. The van der Waals surface area contributed by atoms with Crippen LogP contribution in [-0.2, 0) is 14.4 Å². The number of nitrogens with one attached hydrogen (secondary N) is 2. The summed E-state index contributed by atoms with van der Waals surface area (Å²) >= 11 is 1.63. The Hall–Kier alpha value is -1.96. The lowest BCUT2D eigenvalue weighted by Crippen LogP contribution is -2.34. The molecule has 7 nitrogen and oxygen atoms in total. The first-order valence-electron chi connectivity index (χ1n) is 8.65. The van der Waals surface area contributed by atoms with Crippen LogP contribution >= 0.6 is 11.8 Å².